The fourth-order valence-corrected chi connectivity index (χ4v) is 2.43. The fourth-order valence-electron chi connectivity index (χ4n) is 1.97. The highest BCUT2D eigenvalue weighted by Crippen LogP contribution is 2.35. The minimum atomic E-state index is -0.126. The van der Waals surface area contributed by atoms with Crippen molar-refractivity contribution >= 4 is 27.8 Å². The van der Waals surface area contributed by atoms with Crippen LogP contribution in [0, 0.1) is 0 Å². The first-order valence-electron chi connectivity index (χ1n) is 7.34. The second kappa shape index (κ2) is 7.46. The molecule has 0 bridgehead atoms. The maximum absolute atomic E-state index is 12.2. The van der Waals surface area contributed by atoms with E-state index in [9.17, 15) is 9.90 Å². The molecule has 0 amide bonds. The lowest BCUT2D eigenvalue weighted by atomic mass is 10.1. The van der Waals surface area contributed by atoms with Gasteiger partial charge < -0.3 is 9.84 Å². The SMILES string of the molecule is CCOc1cc(/C=C/C(=O)c2cnn(C(C)C)c2)cc(Br)c1O. The van der Waals surface area contributed by atoms with Crippen molar-refractivity contribution in [3.05, 3.63) is 46.2 Å². The third kappa shape index (κ3) is 4.22. The zero-order valence-corrected chi connectivity index (χ0v) is 14.9. The topological polar surface area (TPSA) is 64.3 Å². The third-order valence-electron chi connectivity index (χ3n) is 3.19. The molecule has 1 aromatic carbocycles. The van der Waals surface area contributed by atoms with Gasteiger partial charge in [-0.25, -0.2) is 0 Å². The predicted octanol–water partition coefficient (Wildman–Crippen LogP) is 4.23. The number of halogens is 1. The van der Waals surface area contributed by atoms with Crippen molar-refractivity contribution in [3.8, 4) is 11.5 Å². The smallest absolute Gasteiger partial charge is 0.189 e. The number of benzene rings is 1. The second-order valence-corrected chi connectivity index (χ2v) is 6.14. The largest absolute Gasteiger partial charge is 0.503 e. The molecule has 23 heavy (non-hydrogen) atoms. The van der Waals surface area contributed by atoms with Gasteiger partial charge in [-0.2, -0.15) is 5.10 Å². The van der Waals surface area contributed by atoms with Gasteiger partial charge >= 0.3 is 0 Å². The first-order chi connectivity index (χ1) is 10.9. The summed E-state index contributed by atoms with van der Waals surface area (Å²) < 4.78 is 7.63. The number of carbonyl (C=O) groups is 1. The normalized spacial score (nSPS) is 11.3. The molecule has 0 saturated heterocycles. The molecule has 2 rings (SSSR count). The maximum Gasteiger partial charge on any atom is 0.189 e. The summed E-state index contributed by atoms with van der Waals surface area (Å²) in [7, 11) is 0. The highest BCUT2D eigenvalue weighted by molar-refractivity contribution is 9.10. The van der Waals surface area contributed by atoms with Crippen molar-refractivity contribution < 1.29 is 14.6 Å². The van der Waals surface area contributed by atoms with E-state index in [1.807, 2.05) is 20.8 Å². The van der Waals surface area contributed by atoms with Crippen molar-refractivity contribution in [1.82, 2.24) is 9.78 Å². The van der Waals surface area contributed by atoms with Crippen LogP contribution in [-0.2, 0) is 0 Å². The van der Waals surface area contributed by atoms with Gasteiger partial charge in [0.05, 0.1) is 22.8 Å². The molecule has 1 aromatic heterocycles. The molecular weight excluding hydrogens is 360 g/mol. The van der Waals surface area contributed by atoms with Gasteiger partial charge in [0.2, 0.25) is 0 Å². The van der Waals surface area contributed by atoms with E-state index in [-0.39, 0.29) is 17.6 Å². The van der Waals surface area contributed by atoms with E-state index in [0.717, 1.165) is 5.56 Å². The molecule has 0 radical (unpaired) electrons. The predicted molar refractivity (Wildman–Crippen MR) is 93.0 cm³/mol. The van der Waals surface area contributed by atoms with Gasteiger partial charge in [-0.1, -0.05) is 6.08 Å². The molecule has 6 heteroatoms. The van der Waals surface area contributed by atoms with Crippen LogP contribution in [0.4, 0.5) is 0 Å². The zero-order valence-electron chi connectivity index (χ0n) is 13.3. The number of nitrogens with zero attached hydrogens (tertiary/aromatic N) is 2. The van der Waals surface area contributed by atoms with Crippen LogP contribution in [0.15, 0.2) is 35.1 Å². The Bertz CT molecular complexity index is 735. The van der Waals surface area contributed by atoms with Gasteiger partial charge in [0.25, 0.3) is 0 Å². The van der Waals surface area contributed by atoms with Crippen molar-refractivity contribution in [1.29, 1.82) is 0 Å². The number of carbonyl (C=O) groups excluding carboxylic acids is 1. The first-order valence-corrected chi connectivity index (χ1v) is 8.13. The summed E-state index contributed by atoms with van der Waals surface area (Å²) in [5.41, 5.74) is 1.29. The Balaban J connectivity index is 2.20. The summed E-state index contributed by atoms with van der Waals surface area (Å²) in [6.07, 6.45) is 6.46. The standard InChI is InChI=1S/C17H19BrN2O3/c1-4-23-16-8-12(7-14(18)17(16)22)5-6-15(21)13-9-19-20(10-13)11(2)3/h5-11,22H,4H2,1-3H3/b6-5+. The Labute approximate surface area is 143 Å². The summed E-state index contributed by atoms with van der Waals surface area (Å²) in [6.45, 7) is 6.28. The number of aromatic hydroxyl groups is 1. The van der Waals surface area contributed by atoms with Crippen molar-refractivity contribution in [2.24, 2.45) is 0 Å². The highest BCUT2D eigenvalue weighted by Gasteiger charge is 2.10. The quantitative estimate of drug-likeness (QED) is 0.603. The van der Waals surface area contributed by atoms with Gasteiger partial charge in [0.1, 0.15) is 0 Å². The Morgan fingerprint density at radius 2 is 2.22 bits per heavy atom. The molecule has 0 fully saturated rings. The molecule has 0 saturated carbocycles. The van der Waals surface area contributed by atoms with Gasteiger partial charge in [-0.15, -0.1) is 0 Å². The molecule has 0 aliphatic heterocycles. The van der Waals surface area contributed by atoms with Crippen LogP contribution in [-0.4, -0.2) is 27.3 Å². The minimum absolute atomic E-state index is 0.0496. The number of hydrogen-bond donors (Lipinski definition) is 1. The molecule has 1 N–H and O–H groups in total. The molecular formula is C17H19BrN2O3. The van der Waals surface area contributed by atoms with E-state index in [1.165, 1.54) is 6.08 Å². The van der Waals surface area contributed by atoms with Crippen LogP contribution in [0.25, 0.3) is 6.08 Å². The van der Waals surface area contributed by atoms with E-state index in [1.54, 1.807) is 35.3 Å². The van der Waals surface area contributed by atoms with Crippen molar-refractivity contribution in [3.63, 3.8) is 0 Å². The van der Waals surface area contributed by atoms with Crippen LogP contribution in [0.2, 0.25) is 0 Å². The van der Waals surface area contributed by atoms with Crippen LogP contribution >= 0.6 is 15.9 Å². The number of ketones is 1. The van der Waals surface area contributed by atoms with E-state index in [4.69, 9.17) is 4.74 Å². The summed E-state index contributed by atoms with van der Waals surface area (Å²) in [5.74, 6) is 0.300. The number of ether oxygens (including phenoxy) is 1. The second-order valence-electron chi connectivity index (χ2n) is 5.28. The van der Waals surface area contributed by atoms with Crippen molar-refractivity contribution in [2.75, 3.05) is 6.61 Å². The molecule has 2 aromatic rings. The van der Waals surface area contributed by atoms with E-state index in [2.05, 4.69) is 21.0 Å². The lowest BCUT2D eigenvalue weighted by Crippen LogP contribution is -2.00. The van der Waals surface area contributed by atoms with Gasteiger partial charge in [-0.05, 0) is 60.5 Å². The number of allylic oxidation sites excluding steroid dienone is 1. The average molecular weight is 379 g/mol. The molecule has 1 heterocycles. The Morgan fingerprint density at radius 1 is 1.48 bits per heavy atom. The highest BCUT2D eigenvalue weighted by atomic mass is 79.9. The van der Waals surface area contributed by atoms with E-state index >= 15 is 0 Å². The lowest BCUT2D eigenvalue weighted by Gasteiger charge is -2.08. The van der Waals surface area contributed by atoms with E-state index < -0.39 is 0 Å². The van der Waals surface area contributed by atoms with Gasteiger partial charge in [-0.3, -0.25) is 9.48 Å². The summed E-state index contributed by atoms with van der Waals surface area (Å²) in [4.78, 5) is 12.2. The van der Waals surface area contributed by atoms with Crippen LogP contribution in [0.5, 0.6) is 11.5 Å². The summed E-state index contributed by atoms with van der Waals surface area (Å²) in [5, 5.41) is 14.0. The molecule has 0 spiro atoms. The number of phenolic OH excluding ortho intramolecular Hbond substituents is 1. The minimum Gasteiger partial charge on any atom is -0.503 e. The zero-order chi connectivity index (χ0) is 17.0. The maximum atomic E-state index is 12.2. The van der Waals surface area contributed by atoms with Crippen molar-refractivity contribution in [2.45, 2.75) is 26.8 Å². The summed E-state index contributed by atoms with van der Waals surface area (Å²) in [6, 6.07) is 3.62. The molecule has 0 aliphatic carbocycles. The van der Waals surface area contributed by atoms with Gasteiger partial charge in [0.15, 0.2) is 17.3 Å². The van der Waals surface area contributed by atoms with Crippen LogP contribution in [0.1, 0.15) is 42.7 Å². The molecule has 5 nitrogen and oxygen atoms in total. The van der Waals surface area contributed by atoms with Crippen LogP contribution < -0.4 is 4.74 Å². The Hall–Kier alpha value is -2.08. The van der Waals surface area contributed by atoms with Crippen LogP contribution in [0.3, 0.4) is 0 Å². The number of hydrogen-bond acceptors (Lipinski definition) is 4. The molecule has 122 valence electrons. The fraction of sp³-hybridized carbons (Fsp3) is 0.294. The summed E-state index contributed by atoms with van der Waals surface area (Å²) >= 11 is 3.28. The number of aromatic nitrogens is 2. The monoisotopic (exact) mass is 378 g/mol. The van der Waals surface area contributed by atoms with Gasteiger partial charge in [0, 0.05) is 12.2 Å². The Morgan fingerprint density at radius 3 is 2.83 bits per heavy atom. The Kier molecular flexibility index (Phi) is 5.60. The molecule has 0 aliphatic rings. The number of rotatable bonds is 6. The molecule has 0 unspecified atom stereocenters. The third-order valence-corrected chi connectivity index (χ3v) is 3.80. The molecule has 0 atom stereocenters. The average Bonchev–Trinajstić information content (AvgIpc) is 3.00. The lowest BCUT2D eigenvalue weighted by molar-refractivity contribution is 0.104. The first kappa shape index (κ1) is 17.3. The van der Waals surface area contributed by atoms with E-state index in [0.29, 0.717) is 22.4 Å². The number of phenols is 1.